The van der Waals surface area contributed by atoms with Gasteiger partial charge in [-0.1, -0.05) is 35.3 Å². The first-order valence-electron chi connectivity index (χ1n) is 4.88. The topological polar surface area (TPSA) is 57.8 Å². The van der Waals surface area contributed by atoms with Gasteiger partial charge in [-0.3, -0.25) is 4.79 Å². The molecule has 0 bridgehead atoms. The molecule has 0 fully saturated rings. The highest BCUT2D eigenvalue weighted by Crippen LogP contribution is 2.16. The highest BCUT2D eigenvalue weighted by Gasteiger charge is 2.04. The number of nitrogens with zero attached hydrogens (tertiary/aromatic N) is 1. The molecule has 0 aliphatic heterocycles. The Morgan fingerprint density at radius 1 is 1.35 bits per heavy atom. The van der Waals surface area contributed by atoms with Gasteiger partial charge in [0, 0.05) is 11.6 Å². The van der Waals surface area contributed by atoms with Gasteiger partial charge in [-0.15, -0.1) is 0 Å². The van der Waals surface area contributed by atoms with Crippen molar-refractivity contribution in [1.29, 1.82) is 0 Å². The maximum absolute atomic E-state index is 11.2. The highest BCUT2D eigenvalue weighted by atomic mass is 35.5. The number of halogens is 2. The molecule has 0 aliphatic rings. The van der Waals surface area contributed by atoms with Crippen molar-refractivity contribution >= 4 is 28.9 Å². The van der Waals surface area contributed by atoms with E-state index in [0.29, 0.717) is 17.3 Å². The lowest BCUT2D eigenvalue weighted by Crippen LogP contribution is -2.11. The Morgan fingerprint density at radius 3 is 2.94 bits per heavy atom. The van der Waals surface area contributed by atoms with Crippen molar-refractivity contribution in [2.24, 2.45) is 0 Å². The number of aromatic nitrogens is 2. The van der Waals surface area contributed by atoms with Crippen LogP contribution in [0.25, 0.3) is 0 Å². The molecular formula is C11H9Cl2N3O. The van der Waals surface area contributed by atoms with E-state index in [-0.39, 0.29) is 5.02 Å². The smallest absolute Gasteiger partial charge is 0.285 e. The largest absolute Gasteiger partial charge is 0.378 e. The predicted octanol–water partition coefficient (Wildman–Crippen LogP) is 2.69. The summed E-state index contributed by atoms with van der Waals surface area (Å²) in [6.07, 6.45) is 1.47. The first-order chi connectivity index (χ1) is 8.16. The summed E-state index contributed by atoms with van der Waals surface area (Å²) < 4.78 is 0. The van der Waals surface area contributed by atoms with Crippen molar-refractivity contribution in [2.45, 2.75) is 6.54 Å². The van der Waals surface area contributed by atoms with Crippen molar-refractivity contribution < 1.29 is 0 Å². The van der Waals surface area contributed by atoms with Gasteiger partial charge in [0.1, 0.15) is 5.02 Å². The average Bonchev–Trinajstić information content (AvgIpc) is 2.31. The number of rotatable bonds is 3. The first kappa shape index (κ1) is 12.0. The van der Waals surface area contributed by atoms with Gasteiger partial charge < -0.3 is 5.32 Å². The molecule has 0 saturated heterocycles. The zero-order valence-electron chi connectivity index (χ0n) is 8.71. The van der Waals surface area contributed by atoms with Crippen molar-refractivity contribution in [2.75, 3.05) is 5.32 Å². The molecule has 0 atom stereocenters. The third-order valence-electron chi connectivity index (χ3n) is 2.17. The summed E-state index contributed by atoms with van der Waals surface area (Å²) >= 11 is 11.7. The van der Waals surface area contributed by atoms with Crippen LogP contribution in [-0.2, 0) is 6.54 Å². The zero-order valence-corrected chi connectivity index (χ0v) is 10.2. The summed E-state index contributed by atoms with van der Waals surface area (Å²) in [4.78, 5) is 11.2. The van der Waals surface area contributed by atoms with Crippen LogP contribution in [-0.4, -0.2) is 10.2 Å². The number of hydrogen-bond donors (Lipinski definition) is 2. The number of benzene rings is 1. The van der Waals surface area contributed by atoms with Crippen LogP contribution in [0.2, 0.25) is 10.0 Å². The van der Waals surface area contributed by atoms with E-state index in [9.17, 15) is 4.79 Å². The highest BCUT2D eigenvalue weighted by molar-refractivity contribution is 6.32. The second-order valence-electron chi connectivity index (χ2n) is 3.41. The number of H-pyrrole nitrogens is 1. The first-order valence-corrected chi connectivity index (χ1v) is 5.64. The molecule has 6 heteroatoms. The summed E-state index contributed by atoms with van der Waals surface area (Å²) in [5.41, 5.74) is 1.08. The lowest BCUT2D eigenvalue weighted by molar-refractivity contribution is 0.981. The van der Waals surface area contributed by atoms with Crippen molar-refractivity contribution in [3.63, 3.8) is 0 Å². The molecule has 2 N–H and O–H groups in total. The Morgan fingerprint density at radius 2 is 2.18 bits per heavy atom. The molecule has 17 heavy (non-hydrogen) atoms. The van der Waals surface area contributed by atoms with Gasteiger partial charge in [0.05, 0.1) is 11.9 Å². The van der Waals surface area contributed by atoms with E-state index in [1.807, 2.05) is 18.2 Å². The summed E-state index contributed by atoms with van der Waals surface area (Å²) in [6.45, 7) is 0.519. The van der Waals surface area contributed by atoms with E-state index >= 15 is 0 Å². The summed E-state index contributed by atoms with van der Waals surface area (Å²) in [7, 11) is 0. The Bertz CT molecular complexity index is 583. The van der Waals surface area contributed by atoms with E-state index in [4.69, 9.17) is 23.2 Å². The van der Waals surface area contributed by atoms with Crippen LogP contribution < -0.4 is 10.9 Å². The molecule has 4 nitrogen and oxygen atoms in total. The van der Waals surface area contributed by atoms with E-state index in [1.54, 1.807) is 6.07 Å². The van der Waals surface area contributed by atoms with Crippen molar-refractivity contribution in [3.8, 4) is 0 Å². The fourth-order valence-electron chi connectivity index (χ4n) is 1.35. The minimum atomic E-state index is -0.414. The number of hydrogen-bond acceptors (Lipinski definition) is 3. The van der Waals surface area contributed by atoms with Gasteiger partial charge in [0.25, 0.3) is 5.56 Å². The van der Waals surface area contributed by atoms with Gasteiger partial charge >= 0.3 is 0 Å². The second kappa shape index (κ2) is 5.21. The zero-order chi connectivity index (χ0) is 12.3. The maximum atomic E-state index is 11.2. The summed E-state index contributed by atoms with van der Waals surface area (Å²) in [5.74, 6) is 0. The Labute approximate surface area is 108 Å². The molecule has 0 aliphatic carbocycles. The van der Waals surface area contributed by atoms with Crippen molar-refractivity contribution in [1.82, 2.24) is 10.2 Å². The van der Waals surface area contributed by atoms with Crippen LogP contribution in [0.4, 0.5) is 5.69 Å². The molecule has 2 aromatic rings. The normalized spacial score (nSPS) is 10.2. The third-order valence-corrected chi connectivity index (χ3v) is 2.78. The van der Waals surface area contributed by atoms with Gasteiger partial charge in [-0.25, -0.2) is 5.10 Å². The van der Waals surface area contributed by atoms with Crippen molar-refractivity contribution in [3.05, 3.63) is 56.4 Å². The van der Waals surface area contributed by atoms with Crippen LogP contribution in [0.15, 0.2) is 35.3 Å². The van der Waals surface area contributed by atoms with E-state index in [0.717, 1.165) is 5.56 Å². The fraction of sp³-hybridized carbons (Fsp3) is 0.0909. The van der Waals surface area contributed by atoms with Crippen LogP contribution in [0.3, 0.4) is 0 Å². The SMILES string of the molecule is O=c1[nH]ncc(NCc2cccc(Cl)c2)c1Cl. The molecule has 0 spiro atoms. The molecule has 0 saturated carbocycles. The minimum absolute atomic E-state index is 0.0991. The van der Waals surface area contributed by atoms with Crippen LogP contribution in [0, 0.1) is 0 Å². The lowest BCUT2D eigenvalue weighted by atomic mass is 10.2. The number of nitrogens with one attached hydrogen (secondary N) is 2. The van der Waals surface area contributed by atoms with E-state index < -0.39 is 5.56 Å². The van der Waals surface area contributed by atoms with Gasteiger partial charge in [-0.2, -0.15) is 5.10 Å². The number of anilines is 1. The minimum Gasteiger partial charge on any atom is -0.378 e. The predicted molar refractivity (Wildman–Crippen MR) is 68.6 cm³/mol. The Balaban J connectivity index is 2.13. The van der Waals surface area contributed by atoms with Crippen LogP contribution >= 0.6 is 23.2 Å². The van der Waals surface area contributed by atoms with Crippen LogP contribution in [0.1, 0.15) is 5.56 Å². The molecule has 0 unspecified atom stereocenters. The molecular weight excluding hydrogens is 261 g/mol. The summed E-state index contributed by atoms with van der Waals surface area (Å²) in [6, 6.07) is 7.42. The number of aromatic amines is 1. The quantitative estimate of drug-likeness (QED) is 0.901. The van der Waals surface area contributed by atoms with Gasteiger partial charge in [-0.05, 0) is 17.7 Å². The maximum Gasteiger partial charge on any atom is 0.285 e. The summed E-state index contributed by atoms with van der Waals surface area (Å²) in [5, 5.41) is 9.70. The molecule has 0 radical (unpaired) electrons. The Kier molecular flexibility index (Phi) is 3.66. The molecule has 1 aromatic carbocycles. The Hall–Kier alpha value is -1.52. The fourth-order valence-corrected chi connectivity index (χ4v) is 1.72. The molecule has 1 heterocycles. The molecule has 2 rings (SSSR count). The monoisotopic (exact) mass is 269 g/mol. The standard InChI is InChI=1S/C11H9Cl2N3O/c12-8-3-1-2-7(4-8)5-14-9-6-15-16-11(17)10(9)13/h1-4,6H,5H2,(H2,14,16,17). The molecule has 0 amide bonds. The lowest BCUT2D eigenvalue weighted by Gasteiger charge is -2.07. The van der Waals surface area contributed by atoms with Crippen LogP contribution in [0.5, 0.6) is 0 Å². The third kappa shape index (κ3) is 2.99. The molecule has 1 aromatic heterocycles. The van der Waals surface area contributed by atoms with E-state index in [1.165, 1.54) is 6.20 Å². The molecule has 88 valence electrons. The van der Waals surface area contributed by atoms with Gasteiger partial charge in [0.15, 0.2) is 0 Å². The van der Waals surface area contributed by atoms with E-state index in [2.05, 4.69) is 15.5 Å². The average molecular weight is 270 g/mol. The second-order valence-corrected chi connectivity index (χ2v) is 4.22. The van der Waals surface area contributed by atoms with Gasteiger partial charge in [0.2, 0.25) is 0 Å².